The minimum atomic E-state index is 0.951. The van der Waals surface area contributed by atoms with Crippen LogP contribution in [0.4, 0.5) is 0 Å². The van der Waals surface area contributed by atoms with Gasteiger partial charge in [0, 0.05) is 11.4 Å². The van der Waals surface area contributed by atoms with Crippen LogP contribution < -0.4 is 5.32 Å². The lowest BCUT2D eigenvalue weighted by molar-refractivity contribution is 0.727. The Bertz CT molecular complexity index is 499. The van der Waals surface area contributed by atoms with E-state index in [2.05, 4.69) is 55.7 Å². The molecule has 0 radical (unpaired) electrons. The highest BCUT2D eigenvalue weighted by Gasteiger charge is 2.05. The first kappa shape index (κ1) is 12.3. The molecule has 2 aromatic rings. The Balaban J connectivity index is 2.32. The van der Waals surface area contributed by atoms with Gasteiger partial charge in [0.15, 0.2) is 0 Å². The summed E-state index contributed by atoms with van der Waals surface area (Å²) in [6, 6.07) is 9.00. The average molecular weight is 245 g/mol. The first-order valence-electron chi connectivity index (χ1n) is 6.06. The highest BCUT2D eigenvalue weighted by atomic mass is 32.1. The molecule has 1 N–H and O–H groups in total. The van der Waals surface area contributed by atoms with Gasteiger partial charge in [-0.15, -0.1) is 11.3 Å². The predicted molar refractivity (Wildman–Crippen MR) is 76.6 cm³/mol. The van der Waals surface area contributed by atoms with Gasteiger partial charge in [0.1, 0.15) is 0 Å². The first-order valence-corrected chi connectivity index (χ1v) is 6.94. The molecule has 0 aliphatic carbocycles. The molecule has 0 saturated carbocycles. The van der Waals surface area contributed by atoms with Crippen molar-refractivity contribution in [1.29, 1.82) is 0 Å². The smallest absolute Gasteiger partial charge is 0.0205 e. The highest BCUT2D eigenvalue weighted by Crippen LogP contribution is 2.28. The zero-order valence-electron chi connectivity index (χ0n) is 10.7. The molecule has 1 heterocycles. The molecule has 1 nitrogen and oxygen atoms in total. The normalized spacial score (nSPS) is 10.8. The molecule has 0 amide bonds. The summed E-state index contributed by atoms with van der Waals surface area (Å²) in [5.74, 6) is 0. The van der Waals surface area contributed by atoms with Crippen LogP contribution in [-0.4, -0.2) is 6.54 Å². The highest BCUT2D eigenvalue weighted by molar-refractivity contribution is 7.10. The van der Waals surface area contributed by atoms with Gasteiger partial charge in [-0.25, -0.2) is 0 Å². The van der Waals surface area contributed by atoms with Crippen LogP contribution in [0.15, 0.2) is 29.6 Å². The Labute approximate surface area is 108 Å². The van der Waals surface area contributed by atoms with Crippen molar-refractivity contribution < 1.29 is 0 Å². The second kappa shape index (κ2) is 5.48. The van der Waals surface area contributed by atoms with Gasteiger partial charge < -0.3 is 5.32 Å². The Hall–Kier alpha value is -1.12. The summed E-state index contributed by atoms with van der Waals surface area (Å²) >= 11 is 1.82. The molecule has 0 fully saturated rings. The van der Waals surface area contributed by atoms with Crippen LogP contribution in [0.1, 0.15) is 22.9 Å². The number of rotatable bonds is 4. The van der Waals surface area contributed by atoms with E-state index >= 15 is 0 Å². The molecule has 0 bridgehead atoms. The largest absolute Gasteiger partial charge is 0.313 e. The third-order valence-electron chi connectivity index (χ3n) is 2.92. The van der Waals surface area contributed by atoms with Gasteiger partial charge in [0.05, 0.1) is 0 Å². The maximum absolute atomic E-state index is 3.37. The minimum Gasteiger partial charge on any atom is -0.313 e. The first-order chi connectivity index (χ1) is 8.20. The van der Waals surface area contributed by atoms with Crippen molar-refractivity contribution in [2.45, 2.75) is 27.3 Å². The minimum absolute atomic E-state index is 0.951. The van der Waals surface area contributed by atoms with Crippen molar-refractivity contribution in [1.82, 2.24) is 5.32 Å². The Morgan fingerprint density at radius 3 is 2.65 bits per heavy atom. The van der Waals surface area contributed by atoms with E-state index < -0.39 is 0 Å². The molecule has 0 aliphatic heterocycles. The zero-order valence-corrected chi connectivity index (χ0v) is 11.5. The molecule has 0 saturated heterocycles. The van der Waals surface area contributed by atoms with Crippen LogP contribution in [0.2, 0.25) is 0 Å². The summed E-state index contributed by atoms with van der Waals surface area (Å²) in [7, 11) is 0. The fourth-order valence-corrected chi connectivity index (χ4v) is 2.65. The van der Waals surface area contributed by atoms with E-state index in [1.54, 1.807) is 0 Å². The monoisotopic (exact) mass is 245 g/mol. The molecule has 2 heteroatoms. The lowest BCUT2D eigenvalue weighted by atomic mass is 10.00. The summed E-state index contributed by atoms with van der Waals surface area (Å²) in [6.45, 7) is 8.44. The summed E-state index contributed by atoms with van der Waals surface area (Å²) < 4.78 is 0. The van der Waals surface area contributed by atoms with E-state index in [1.165, 1.54) is 27.1 Å². The van der Waals surface area contributed by atoms with Gasteiger partial charge in [-0.1, -0.05) is 19.1 Å². The van der Waals surface area contributed by atoms with E-state index in [0.29, 0.717) is 0 Å². The molecule has 0 aliphatic rings. The van der Waals surface area contributed by atoms with Gasteiger partial charge in [-0.05, 0) is 60.2 Å². The number of nitrogens with one attached hydrogen (secondary N) is 1. The standard InChI is InChI=1S/C15H19NS/c1-4-16-9-13-6-5-11(2)15(8-13)14-7-12(3)17-10-14/h5-8,10,16H,4,9H2,1-3H3. The van der Waals surface area contributed by atoms with Crippen LogP contribution in [0.25, 0.3) is 11.1 Å². The van der Waals surface area contributed by atoms with Crippen LogP contribution in [0.3, 0.4) is 0 Å². The summed E-state index contributed by atoms with van der Waals surface area (Å²) in [6.07, 6.45) is 0. The van der Waals surface area contributed by atoms with Crippen LogP contribution in [0, 0.1) is 13.8 Å². The van der Waals surface area contributed by atoms with Crippen molar-refractivity contribution in [3.63, 3.8) is 0 Å². The summed E-state index contributed by atoms with van der Waals surface area (Å²) in [5.41, 5.74) is 5.42. The van der Waals surface area contributed by atoms with E-state index in [0.717, 1.165) is 13.1 Å². The predicted octanol–water partition coefficient (Wildman–Crippen LogP) is 4.14. The number of thiophene rings is 1. The number of aryl methyl sites for hydroxylation is 2. The third-order valence-corrected chi connectivity index (χ3v) is 3.78. The molecular formula is C15H19NS. The summed E-state index contributed by atoms with van der Waals surface area (Å²) in [4.78, 5) is 1.37. The quantitative estimate of drug-likeness (QED) is 0.853. The van der Waals surface area contributed by atoms with Gasteiger partial charge >= 0.3 is 0 Å². The average Bonchev–Trinajstić information content (AvgIpc) is 2.75. The molecule has 2 rings (SSSR count). The van der Waals surface area contributed by atoms with E-state index in [4.69, 9.17) is 0 Å². The van der Waals surface area contributed by atoms with E-state index in [-0.39, 0.29) is 0 Å². The Kier molecular flexibility index (Phi) is 3.97. The second-order valence-corrected chi connectivity index (χ2v) is 5.49. The molecule has 0 atom stereocenters. The van der Waals surface area contributed by atoms with Crippen LogP contribution >= 0.6 is 11.3 Å². The van der Waals surface area contributed by atoms with E-state index in [9.17, 15) is 0 Å². The summed E-state index contributed by atoms with van der Waals surface area (Å²) in [5, 5.41) is 5.62. The van der Waals surface area contributed by atoms with Crippen molar-refractivity contribution in [3.8, 4) is 11.1 Å². The molecule has 90 valence electrons. The van der Waals surface area contributed by atoms with Crippen molar-refractivity contribution in [2.24, 2.45) is 0 Å². The number of benzene rings is 1. The van der Waals surface area contributed by atoms with Gasteiger partial charge in [-0.3, -0.25) is 0 Å². The molecule has 1 aromatic carbocycles. The molecule has 0 spiro atoms. The lowest BCUT2D eigenvalue weighted by Crippen LogP contribution is -2.11. The van der Waals surface area contributed by atoms with Gasteiger partial charge in [0.2, 0.25) is 0 Å². The number of hydrogen-bond donors (Lipinski definition) is 1. The maximum Gasteiger partial charge on any atom is 0.0205 e. The van der Waals surface area contributed by atoms with E-state index in [1.807, 2.05) is 11.3 Å². The van der Waals surface area contributed by atoms with Crippen molar-refractivity contribution in [2.75, 3.05) is 6.54 Å². The molecule has 17 heavy (non-hydrogen) atoms. The Morgan fingerprint density at radius 2 is 2.00 bits per heavy atom. The van der Waals surface area contributed by atoms with Crippen LogP contribution in [-0.2, 0) is 6.54 Å². The third kappa shape index (κ3) is 2.96. The molecule has 1 aromatic heterocycles. The maximum atomic E-state index is 3.37. The number of hydrogen-bond acceptors (Lipinski definition) is 2. The lowest BCUT2D eigenvalue weighted by Gasteiger charge is -2.08. The fourth-order valence-electron chi connectivity index (χ4n) is 1.94. The van der Waals surface area contributed by atoms with Crippen LogP contribution in [0.5, 0.6) is 0 Å². The van der Waals surface area contributed by atoms with Crippen molar-refractivity contribution >= 4 is 11.3 Å². The molecule has 0 unspecified atom stereocenters. The van der Waals surface area contributed by atoms with Gasteiger partial charge in [-0.2, -0.15) is 0 Å². The van der Waals surface area contributed by atoms with Crippen molar-refractivity contribution in [3.05, 3.63) is 45.6 Å². The Morgan fingerprint density at radius 1 is 1.18 bits per heavy atom. The molecular weight excluding hydrogens is 226 g/mol. The van der Waals surface area contributed by atoms with Gasteiger partial charge in [0.25, 0.3) is 0 Å². The topological polar surface area (TPSA) is 12.0 Å². The SMILES string of the molecule is CCNCc1ccc(C)c(-c2csc(C)c2)c1. The zero-order chi connectivity index (χ0) is 12.3. The fraction of sp³-hybridized carbons (Fsp3) is 0.333. The second-order valence-electron chi connectivity index (χ2n) is 4.38.